The molecule has 0 aliphatic heterocycles. The number of carbonyl (C=O) groups is 1. The summed E-state index contributed by atoms with van der Waals surface area (Å²) < 4.78 is 0. The van der Waals surface area contributed by atoms with Crippen molar-refractivity contribution in [1.82, 2.24) is 5.32 Å². The minimum absolute atomic E-state index is 0.0631. The van der Waals surface area contributed by atoms with Crippen LogP contribution in [0, 0.1) is 17.8 Å². The second kappa shape index (κ2) is 5.17. The predicted octanol–water partition coefficient (Wildman–Crippen LogP) is 2.05. The van der Waals surface area contributed by atoms with Crippen LogP contribution in [-0.2, 0) is 4.79 Å². The van der Waals surface area contributed by atoms with Crippen LogP contribution in [0.3, 0.4) is 0 Å². The van der Waals surface area contributed by atoms with Gasteiger partial charge >= 0.3 is 0 Å². The Labute approximate surface area is 113 Å². The number of amides is 1. The Hall–Kier alpha value is -1.61. The summed E-state index contributed by atoms with van der Waals surface area (Å²) in [4.78, 5) is 12.3. The molecule has 1 aromatic rings. The average molecular weight is 257 g/mol. The van der Waals surface area contributed by atoms with E-state index >= 15 is 0 Å². The molecule has 1 saturated carbocycles. The van der Waals surface area contributed by atoms with Crippen molar-refractivity contribution >= 4 is 5.91 Å². The molecule has 3 rings (SSSR count). The van der Waals surface area contributed by atoms with E-state index in [0.717, 1.165) is 18.4 Å². The second-order valence-electron chi connectivity index (χ2n) is 5.54. The minimum atomic E-state index is -0.295. The van der Waals surface area contributed by atoms with E-state index in [1.54, 1.807) is 0 Å². The average Bonchev–Trinajstić information content (AvgIpc) is 3.08. The maximum atomic E-state index is 12.3. The van der Waals surface area contributed by atoms with Crippen molar-refractivity contribution in [3.63, 3.8) is 0 Å². The van der Waals surface area contributed by atoms with Gasteiger partial charge in [-0.1, -0.05) is 42.5 Å². The predicted molar refractivity (Wildman–Crippen MR) is 73.3 cm³/mol. The molecular weight excluding hydrogens is 238 g/mol. The van der Waals surface area contributed by atoms with E-state index in [1.165, 1.54) is 0 Å². The number of allylic oxidation sites excluding steroid dienone is 2. The fourth-order valence-corrected chi connectivity index (χ4v) is 3.28. The first-order chi connectivity index (χ1) is 9.28. The van der Waals surface area contributed by atoms with Crippen LogP contribution >= 0.6 is 0 Å². The van der Waals surface area contributed by atoms with Gasteiger partial charge in [0.1, 0.15) is 0 Å². The molecule has 1 aromatic carbocycles. The zero-order valence-corrected chi connectivity index (χ0v) is 10.8. The summed E-state index contributed by atoms with van der Waals surface area (Å²) >= 11 is 0. The Kier molecular flexibility index (Phi) is 3.38. The molecule has 0 saturated heterocycles. The summed E-state index contributed by atoms with van der Waals surface area (Å²) in [5.41, 5.74) is 0.956. The Morgan fingerprint density at radius 2 is 2.05 bits per heavy atom. The summed E-state index contributed by atoms with van der Waals surface area (Å²) in [7, 11) is 0. The van der Waals surface area contributed by atoms with Crippen LogP contribution in [0.1, 0.15) is 24.4 Å². The summed E-state index contributed by atoms with van der Waals surface area (Å²) in [5.74, 6) is 1.16. The fraction of sp³-hybridized carbons (Fsp3) is 0.438. The zero-order chi connectivity index (χ0) is 13.2. The molecule has 2 aliphatic rings. The van der Waals surface area contributed by atoms with Gasteiger partial charge in [0.2, 0.25) is 5.91 Å². The number of fused-ring (bicyclic) bond motifs is 2. The molecular formula is C16H19NO2. The summed E-state index contributed by atoms with van der Waals surface area (Å²) in [5, 5.41) is 12.5. The lowest BCUT2D eigenvalue weighted by atomic mass is 9.92. The Bertz CT molecular complexity index is 483. The van der Waals surface area contributed by atoms with E-state index in [9.17, 15) is 9.90 Å². The van der Waals surface area contributed by atoms with Crippen LogP contribution in [-0.4, -0.2) is 17.6 Å². The molecule has 19 heavy (non-hydrogen) atoms. The number of benzene rings is 1. The molecule has 1 fully saturated rings. The number of nitrogens with one attached hydrogen (secondary N) is 1. The number of aliphatic hydroxyl groups is 1. The quantitative estimate of drug-likeness (QED) is 0.811. The lowest BCUT2D eigenvalue weighted by molar-refractivity contribution is -0.126. The van der Waals surface area contributed by atoms with E-state index in [1.807, 2.05) is 30.3 Å². The first kappa shape index (κ1) is 12.4. The van der Waals surface area contributed by atoms with Gasteiger partial charge in [0.25, 0.3) is 0 Å². The molecule has 3 unspecified atom stereocenters. The van der Waals surface area contributed by atoms with E-state index in [2.05, 4.69) is 17.5 Å². The van der Waals surface area contributed by atoms with Gasteiger partial charge in [-0.15, -0.1) is 0 Å². The van der Waals surface area contributed by atoms with Crippen molar-refractivity contribution < 1.29 is 9.90 Å². The second-order valence-corrected chi connectivity index (χ2v) is 5.54. The third kappa shape index (κ3) is 2.43. The van der Waals surface area contributed by atoms with Gasteiger partial charge in [0, 0.05) is 5.92 Å². The third-order valence-corrected chi connectivity index (χ3v) is 4.32. The standard InChI is InChI=1S/C16H19NO2/c18-10-15(12-4-2-1-3-5-12)17-16(19)14-9-11-6-7-13(14)8-11/h1-7,11,13-15,18H,8-10H2,(H,17,19)/t11?,13?,14?,15-/m1/s1. The highest BCUT2D eigenvalue weighted by Crippen LogP contribution is 2.43. The van der Waals surface area contributed by atoms with Crippen LogP contribution in [0.2, 0.25) is 0 Å². The van der Waals surface area contributed by atoms with Crippen LogP contribution in [0.15, 0.2) is 42.5 Å². The van der Waals surface area contributed by atoms with E-state index in [0.29, 0.717) is 11.8 Å². The molecule has 2 N–H and O–H groups in total. The molecule has 0 radical (unpaired) electrons. The van der Waals surface area contributed by atoms with Crippen LogP contribution in [0.5, 0.6) is 0 Å². The van der Waals surface area contributed by atoms with Crippen molar-refractivity contribution in [2.45, 2.75) is 18.9 Å². The first-order valence-corrected chi connectivity index (χ1v) is 6.92. The topological polar surface area (TPSA) is 49.3 Å². The van der Waals surface area contributed by atoms with Gasteiger partial charge in [-0.3, -0.25) is 4.79 Å². The highest BCUT2D eigenvalue weighted by Gasteiger charge is 2.40. The monoisotopic (exact) mass is 257 g/mol. The largest absolute Gasteiger partial charge is 0.394 e. The molecule has 3 nitrogen and oxygen atoms in total. The molecule has 1 amide bonds. The highest BCUT2D eigenvalue weighted by molar-refractivity contribution is 5.80. The number of carbonyl (C=O) groups excluding carboxylic acids is 1. The van der Waals surface area contributed by atoms with Crippen molar-refractivity contribution in [2.24, 2.45) is 17.8 Å². The van der Waals surface area contributed by atoms with E-state index < -0.39 is 0 Å². The van der Waals surface area contributed by atoms with Gasteiger partial charge < -0.3 is 10.4 Å². The lowest BCUT2D eigenvalue weighted by Crippen LogP contribution is -2.37. The van der Waals surface area contributed by atoms with Crippen LogP contribution in [0.25, 0.3) is 0 Å². The van der Waals surface area contributed by atoms with Gasteiger partial charge in [0.15, 0.2) is 0 Å². The van der Waals surface area contributed by atoms with Crippen molar-refractivity contribution in [1.29, 1.82) is 0 Å². The smallest absolute Gasteiger partial charge is 0.224 e. The highest BCUT2D eigenvalue weighted by atomic mass is 16.3. The maximum absolute atomic E-state index is 12.3. The van der Waals surface area contributed by atoms with E-state index in [4.69, 9.17) is 0 Å². The van der Waals surface area contributed by atoms with Gasteiger partial charge in [-0.2, -0.15) is 0 Å². The molecule has 0 spiro atoms. The van der Waals surface area contributed by atoms with Crippen molar-refractivity contribution in [3.05, 3.63) is 48.0 Å². The SMILES string of the molecule is O=C(N[C@H](CO)c1ccccc1)C1CC2C=CC1C2. The van der Waals surface area contributed by atoms with Crippen LogP contribution < -0.4 is 5.32 Å². The zero-order valence-electron chi connectivity index (χ0n) is 10.8. The van der Waals surface area contributed by atoms with E-state index in [-0.39, 0.29) is 24.5 Å². The normalized spacial score (nSPS) is 29.4. The first-order valence-electron chi connectivity index (χ1n) is 6.92. The minimum Gasteiger partial charge on any atom is -0.394 e. The van der Waals surface area contributed by atoms with Gasteiger partial charge in [0.05, 0.1) is 12.6 Å². The lowest BCUT2D eigenvalue weighted by Gasteiger charge is -2.22. The van der Waals surface area contributed by atoms with Crippen LogP contribution in [0.4, 0.5) is 0 Å². The Balaban J connectivity index is 1.67. The third-order valence-electron chi connectivity index (χ3n) is 4.32. The molecule has 2 bridgehead atoms. The number of rotatable bonds is 4. The fourth-order valence-electron chi connectivity index (χ4n) is 3.28. The number of aliphatic hydroxyl groups excluding tert-OH is 1. The number of hydrogen-bond acceptors (Lipinski definition) is 2. The maximum Gasteiger partial charge on any atom is 0.224 e. The molecule has 3 heteroatoms. The molecule has 0 aromatic heterocycles. The molecule has 2 aliphatic carbocycles. The summed E-state index contributed by atoms with van der Waals surface area (Å²) in [6.45, 7) is -0.0631. The summed E-state index contributed by atoms with van der Waals surface area (Å²) in [6, 6.07) is 9.34. The Morgan fingerprint density at radius 3 is 2.63 bits per heavy atom. The van der Waals surface area contributed by atoms with Crippen molar-refractivity contribution in [3.8, 4) is 0 Å². The molecule has 4 atom stereocenters. The van der Waals surface area contributed by atoms with Gasteiger partial charge in [-0.05, 0) is 30.2 Å². The molecule has 100 valence electrons. The molecule has 0 heterocycles. The van der Waals surface area contributed by atoms with Gasteiger partial charge in [-0.25, -0.2) is 0 Å². The Morgan fingerprint density at radius 1 is 1.26 bits per heavy atom. The number of hydrogen-bond donors (Lipinski definition) is 2. The summed E-state index contributed by atoms with van der Waals surface area (Å²) in [6.07, 6.45) is 6.48. The van der Waals surface area contributed by atoms with Crippen molar-refractivity contribution in [2.75, 3.05) is 6.61 Å².